The van der Waals surface area contributed by atoms with Crippen molar-refractivity contribution < 1.29 is 0 Å². The highest BCUT2D eigenvalue weighted by Gasteiger charge is 2.15. The molecule has 0 atom stereocenters. The van der Waals surface area contributed by atoms with Gasteiger partial charge in [0, 0.05) is 45.3 Å². The van der Waals surface area contributed by atoms with E-state index in [2.05, 4.69) is 150 Å². The molecule has 0 radical (unpaired) electrons. The van der Waals surface area contributed by atoms with Gasteiger partial charge in [-0.05, 0) is 65.2 Å². The van der Waals surface area contributed by atoms with Crippen LogP contribution < -0.4 is 4.90 Å². The summed E-state index contributed by atoms with van der Waals surface area (Å²) in [6, 6.07) is 51.7. The summed E-state index contributed by atoms with van der Waals surface area (Å²) in [5.41, 5.74) is 10.5. The number of benzene rings is 6. The van der Waals surface area contributed by atoms with Crippen LogP contribution in [0.3, 0.4) is 0 Å². The van der Waals surface area contributed by atoms with Crippen LogP contribution in [-0.4, -0.2) is 11.6 Å². The zero-order valence-corrected chi connectivity index (χ0v) is 23.1. The second kappa shape index (κ2) is 10.1. The summed E-state index contributed by atoms with van der Waals surface area (Å²) >= 11 is 4.69. The number of fused-ring (bicyclic) bond motifs is 3. The average molecular weight is 533 g/mol. The van der Waals surface area contributed by atoms with Gasteiger partial charge in [0.05, 0.1) is 11.0 Å². The lowest BCUT2D eigenvalue weighted by atomic mass is 10.0. The minimum atomic E-state index is 0.976. The van der Waals surface area contributed by atoms with E-state index in [0.717, 1.165) is 33.1 Å². The fourth-order valence-corrected chi connectivity index (χ4v) is 6.05. The summed E-state index contributed by atoms with van der Waals surface area (Å²) in [5.74, 6) is 0. The van der Waals surface area contributed by atoms with E-state index in [1.54, 1.807) is 0 Å². The lowest BCUT2D eigenvalue weighted by Gasteiger charge is -2.24. The van der Waals surface area contributed by atoms with Crippen LogP contribution >= 0.6 is 12.6 Å². The van der Waals surface area contributed by atoms with Crippen molar-refractivity contribution in [2.75, 3.05) is 11.9 Å². The van der Waals surface area contributed by atoms with Crippen LogP contribution in [-0.2, 0) is 0 Å². The number of nitrogens with zero attached hydrogens (tertiary/aromatic N) is 2. The second-order valence-electron chi connectivity index (χ2n) is 10.1. The van der Waals surface area contributed by atoms with Gasteiger partial charge in [-0.2, -0.15) is 0 Å². The first-order valence-corrected chi connectivity index (χ1v) is 13.9. The molecule has 2 nitrogen and oxygen atoms in total. The van der Waals surface area contributed by atoms with Crippen molar-refractivity contribution in [2.45, 2.75) is 4.90 Å². The van der Waals surface area contributed by atoms with Gasteiger partial charge in [0.15, 0.2) is 0 Å². The number of hydrogen-bond acceptors (Lipinski definition) is 2. The minimum Gasteiger partial charge on any atom is -0.344 e. The molecule has 3 heteroatoms. The molecule has 0 spiro atoms. The lowest BCUT2D eigenvalue weighted by molar-refractivity contribution is 1.18. The molecule has 6 aromatic carbocycles. The molecular formula is C37H28N2S. The van der Waals surface area contributed by atoms with E-state index in [0.29, 0.717) is 0 Å². The van der Waals surface area contributed by atoms with Crippen LogP contribution in [0.1, 0.15) is 0 Å². The molecule has 0 aliphatic rings. The molecule has 1 aromatic heterocycles. The highest BCUT2D eigenvalue weighted by Crippen LogP contribution is 2.38. The van der Waals surface area contributed by atoms with Gasteiger partial charge < -0.3 is 9.47 Å². The zero-order chi connectivity index (χ0) is 27.1. The SMILES string of the molecule is CN(c1cccc(-c2ccccc2S)c1)c1ccccc1-c1cccc(-n2c3ccccc3c3ccccc32)c1. The number of anilines is 2. The summed E-state index contributed by atoms with van der Waals surface area (Å²) < 4.78 is 2.37. The molecule has 0 amide bonds. The Morgan fingerprint density at radius 2 is 1.10 bits per heavy atom. The monoisotopic (exact) mass is 532 g/mol. The second-order valence-corrected chi connectivity index (χ2v) is 10.5. The van der Waals surface area contributed by atoms with Crippen molar-refractivity contribution in [1.29, 1.82) is 0 Å². The number of hydrogen-bond donors (Lipinski definition) is 1. The maximum Gasteiger partial charge on any atom is 0.0541 e. The van der Waals surface area contributed by atoms with E-state index in [4.69, 9.17) is 12.6 Å². The molecule has 0 saturated heterocycles. The van der Waals surface area contributed by atoms with Gasteiger partial charge in [0.2, 0.25) is 0 Å². The van der Waals surface area contributed by atoms with Crippen LogP contribution in [0.25, 0.3) is 49.7 Å². The van der Waals surface area contributed by atoms with Crippen LogP contribution in [0.15, 0.2) is 150 Å². The minimum absolute atomic E-state index is 0.976. The normalized spacial score (nSPS) is 11.2. The standard InChI is InChI=1S/C37H28N2S/c1-38(28-14-10-13-27(24-28)31-17-5-9-23-37(31)40)34-20-6-2-16-30(34)26-12-11-15-29(25-26)39-35-21-7-3-18-32(35)33-19-4-8-22-36(33)39/h2-25,40H,1H3. The molecule has 7 rings (SSSR count). The zero-order valence-electron chi connectivity index (χ0n) is 22.2. The summed E-state index contributed by atoms with van der Waals surface area (Å²) in [4.78, 5) is 3.25. The Morgan fingerprint density at radius 1 is 0.525 bits per heavy atom. The summed E-state index contributed by atoms with van der Waals surface area (Å²) in [5, 5.41) is 2.54. The summed E-state index contributed by atoms with van der Waals surface area (Å²) in [6.45, 7) is 0. The third-order valence-corrected chi connectivity index (χ3v) is 8.10. The van der Waals surface area contributed by atoms with E-state index in [1.165, 1.54) is 32.9 Å². The van der Waals surface area contributed by atoms with E-state index < -0.39 is 0 Å². The summed E-state index contributed by atoms with van der Waals surface area (Å²) in [7, 11) is 2.14. The van der Waals surface area contributed by atoms with Crippen LogP contribution in [0.2, 0.25) is 0 Å². The van der Waals surface area contributed by atoms with E-state index in [9.17, 15) is 0 Å². The van der Waals surface area contributed by atoms with Gasteiger partial charge >= 0.3 is 0 Å². The molecule has 0 bridgehead atoms. The fourth-order valence-electron chi connectivity index (χ4n) is 5.76. The summed E-state index contributed by atoms with van der Waals surface area (Å²) in [6.07, 6.45) is 0. The lowest BCUT2D eigenvalue weighted by Crippen LogP contribution is -2.10. The predicted octanol–water partition coefficient (Wildman–Crippen LogP) is 10.2. The fraction of sp³-hybridized carbons (Fsp3) is 0.0270. The van der Waals surface area contributed by atoms with Gasteiger partial charge in [0.25, 0.3) is 0 Å². The first-order valence-electron chi connectivity index (χ1n) is 13.5. The molecule has 0 saturated carbocycles. The maximum absolute atomic E-state index is 4.69. The van der Waals surface area contributed by atoms with Crippen molar-refractivity contribution in [1.82, 2.24) is 4.57 Å². The molecule has 192 valence electrons. The van der Waals surface area contributed by atoms with E-state index >= 15 is 0 Å². The number of thiol groups is 1. The van der Waals surface area contributed by atoms with Crippen molar-refractivity contribution in [2.24, 2.45) is 0 Å². The number of rotatable bonds is 5. The molecule has 0 N–H and O–H groups in total. The van der Waals surface area contributed by atoms with Gasteiger partial charge in [-0.25, -0.2) is 0 Å². The third kappa shape index (κ3) is 4.16. The largest absolute Gasteiger partial charge is 0.344 e. The van der Waals surface area contributed by atoms with Crippen molar-refractivity contribution in [3.63, 3.8) is 0 Å². The Hall–Kier alpha value is -4.73. The molecule has 0 aliphatic carbocycles. The predicted molar refractivity (Wildman–Crippen MR) is 173 cm³/mol. The molecule has 0 unspecified atom stereocenters. The average Bonchev–Trinajstić information content (AvgIpc) is 3.35. The van der Waals surface area contributed by atoms with Crippen molar-refractivity contribution in [3.05, 3.63) is 146 Å². The Kier molecular flexibility index (Phi) is 6.14. The number of para-hydroxylation sites is 3. The smallest absolute Gasteiger partial charge is 0.0541 e. The van der Waals surface area contributed by atoms with Crippen molar-refractivity contribution >= 4 is 45.8 Å². The first kappa shape index (κ1) is 24.3. The molecular weight excluding hydrogens is 504 g/mol. The van der Waals surface area contributed by atoms with Crippen LogP contribution in [0.5, 0.6) is 0 Å². The molecule has 7 aromatic rings. The Morgan fingerprint density at radius 3 is 1.82 bits per heavy atom. The first-order chi connectivity index (χ1) is 19.7. The molecule has 40 heavy (non-hydrogen) atoms. The Labute approximate surface area is 240 Å². The third-order valence-electron chi connectivity index (χ3n) is 7.71. The maximum atomic E-state index is 4.69. The Balaban J connectivity index is 1.33. The van der Waals surface area contributed by atoms with Gasteiger partial charge in [-0.1, -0.05) is 97.1 Å². The molecule has 0 fully saturated rings. The van der Waals surface area contributed by atoms with Crippen LogP contribution in [0.4, 0.5) is 11.4 Å². The number of aromatic nitrogens is 1. The van der Waals surface area contributed by atoms with Gasteiger partial charge in [-0.15, -0.1) is 12.6 Å². The molecule has 1 heterocycles. The topological polar surface area (TPSA) is 8.17 Å². The van der Waals surface area contributed by atoms with Gasteiger partial charge in [0.1, 0.15) is 0 Å². The van der Waals surface area contributed by atoms with Crippen molar-refractivity contribution in [3.8, 4) is 27.9 Å². The van der Waals surface area contributed by atoms with E-state index in [-0.39, 0.29) is 0 Å². The van der Waals surface area contributed by atoms with E-state index in [1.807, 2.05) is 12.1 Å². The Bertz CT molecular complexity index is 1950. The highest BCUT2D eigenvalue weighted by atomic mass is 32.1. The van der Waals surface area contributed by atoms with Gasteiger partial charge in [-0.3, -0.25) is 0 Å². The highest BCUT2D eigenvalue weighted by molar-refractivity contribution is 7.80. The quantitative estimate of drug-likeness (QED) is 0.217. The van der Waals surface area contributed by atoms with Crippen LogP contribution in [0, 0.1) is 0 Å². The molecule has 0 aliphatic heterocycles.